The maximum Gasteiger partial charge on any atom is 0.376 e. The van der Waals surface area contributed by atoms with E-state index in [1.165, 1.54) is 14.2 Å². The first-order valence-corrected chi connectivity index (χ1v) is 7.54. The molecular weight excluding hydrogens is 346 g/mol. The number of hydrazone groups is 1. The fourth-order valence-electron chi connectivity index (χ4n) is 1.81. The second-order valence-corrected chi connectivity index (χ2v) is 5.08. The van der Waals surface area contributed by atoms with Crippen LogP contribution >= 0.6 is 11.6 Å². The molecule has 0 fully saturated rings. The molecule has 8 heteroatoms. The first kappa shape index (κ1) is 18.3. The number of hydrogen-bond acceptors (Lipinski definition) is 7. The molecule has 25 heavy (non-hydrogen) atoms. The van der Waals surface area contributed by atoms with Gasteiger partial charge in [-0.1, -0.05) is 17.7 Å². The highest BCUT2D eigenvalue weighted by molar-refractivity contribution is 6.31. The predicted molar refractivity (Wildman–Crippen MR) is 93.9 cm³/mol. The summed E-state index contributed by atoms with van der Waals surface area (Å²) < 4.78 is 15.1. The monoisotopic (exact) mass is 361 g/mol. The average Bonchev–Trinajstić information content (AvgIpc) is 2.63. The molecular formula is C17H16ClN3O4. The van der Waals surface area contributed by atoms with E-state index in [2.05, 4.69) is 26.1 Å². The Morgan fingerprint density at radius 1 is 1.44 bits per heavy atom. The van der Waals surface area contributed by atoms with Gasteiger partial charge in [-0.25, -0.2) is 9.78 Å². The Balaban J connectivity index is 2.21. The number of esters is 1. The summed E-state index contributed by atoms with van der Waals surface area (Å²) in [5.74, 6) is 2.59. The lowest BCUT2D eigenvalue weighted by molar-refractivity contribution is -0.140. The van der Waals surface area contributed by atoms with Crippen molar-refractivity contribution in [1.82, 2.24) is 4.98 Å². The smallest absolute Gasteiger partial charge is 0.376 e. The number of nitrogens with zero attached hydrogens (tertiary/aromatic N) is 2. The third kappa shape index (κ3) is 5.53. The number of halogens is 1. The molecule has 0 aliphatic heterocycles. The molecule has 0 bridgehead atoms. The minimum atomic E-state index is -0.668. The fraction of sp³-hybridized carbons (Fsp3) is 0.176. The van der Waals surface area contributed by atoms with Gasteiger partial charge in [-0.15, -0.1) is 5.10 Å². The average molecular weight is 362 g/mol. The molecule has 1 unspecified atom stereocenters. The van der Waals surface area contributed by atoms with Crippen molar-refractivity contribution in [3.63, 3.8) is 0 Å². The predicted octanol–water partition coefficient (Wildman–Crippen LogP) is 2.74. The third-order valence-electron chi connectivity index (χ3n) is 2.92. The van der Waals surface area contributed by atoms with Crippen LogP contribution in [0.4, 0.5) is 5.82 Å². The van der Waals surface area contributed by atoms with Crippen molar-refractivity contribution in [2.24, 2.45) is 5.10 Å². The van der Waals surface area contributed by atoms with Gasteiger partial charge in [-0.2, -0.15) is 0 Å². The van der Waals surface area contributed by atoms with Gasteiger partial charge in [0.15, 0.2) is 6.10 Å². The van der Waals surface area contributed by atoms with Crippen LogP contribution in [0.1, 0.15) is 0 Å². The van der Waals surface area contributed by atoms with E-state index in [4.69, 9.17) is 21.1 Å². The number of pyridine rings is 1. The summed E-state index contributed by atoms with van der Waals surface area (Å²) in [6.07, 6.45) is 7.07. The van der Waals surface area contributed by atoms with Crippen LogP contribution < -0.4 is 5.43 Å². The summed E-state index contributed by atoms with van der Waals surface area (Å²) in [6.45, 7) is 0. The summed E-state index contributed by atoms with van der Waals surface area (Å²) in [4.78, 5) is 15.8. The highest BCUT2D eigenvalue weighted by atomic mass is 35.5. The summed E-state index contributed by atoms with van der Waals surface area (Å²) >= 11 is 6.01. The molecule has 1 N–H and O–H groups in total. The van der Waals surface area contributed by atoms with Crippen LogP contribution in [0.3, 0.4) is 0 Å². The minimum absolute atomic E-state index is 0.0944. The molecule has 0 saturated heterocycles. The molecule has 0 amide bonds. The van der Waals surface area contributed by atoms with Crippen LogP contribution in [0.5, 0.6) is 0 Å². The molecule has 130 valence electrons. The topological polar surface area (TPSA) is 82.0 Å². The van der Waals surface area contributed by atoms with Crippen molar-refractivity contribution in [1.29, 1.82) is 0 Å². The first-order valence-electron chi connectivity index (χ1n) is 7.17. The Kier molecular flexibility index (Phi) is 6.83. The molecule has 2 rings (SSSR count). The van der Waals surface area contributed by atoms with E-state index in [1.54, 1.807) is 36.6 Å². The van der Waals surface area contributed by atoms with E-state index < -0.39 is 12.1 Å². The molecule has 1 atom stereocenters. The number of nitrogens with one attached hydrogen (secondary N) is 1. The van der Waals surface area contributed by atoms with E-state index in [0.29, 0.717) is 16.4 Å². The Morgan fingerprint density at radius 3 is 2.96 bits per heavy atom. The van der Waals surface area contributed by atoms with Gasteiger partial charge < -0.3 is 14.2 Å². The standard InChI is InChI=1S/C17H16ClN3O4/c1-23-11-15(17(22)24-2)25-14-7-6-13(18)9-12(14)10-20-21-16-5-3-4-8-19-16/h3-9,11,14H,1-2H3,(H,19,21). The van der Waals surface area contributed by atoms with Crippen LogP contribution in [0, 0.1) is 0 Å². The number of aromatic nitrogens is 1. The Labute approximate surface area is 149 Å². The summed E-state index contributed by atoms with van der Waals surface area (Å²) in [5, 5.41) is 4.46. The Bertz CT molecular complexity index is 765. The number of allylic oxidation sites excluding steroid dienone is 2. The largest absolute Gasteiger partial charge is 0.500 e. The lowest BCUT2D eigenvalue weighted by Gasteiger charge is -2.18. The molecule has 1 aromatic heterocycles. The van der Waals surface area contributed by atoms with E-state index in [-0.39, 0.29) is 5.76 Å². The van der Waals surface area contributed by atoms with Crippen molar-refractivity contribution in [2.75, 3.05) is 19.6 Å². The number of carbonyl (C=O) groups excluding carboxylic acids is 1. The number of anilines is 1. The first-order chi connectivity index (χ1) is 12.1. The van der Waals surface area contributed by atoms with Gasteiger partial charge >= 0.3 is 5.97 Å². The van der Waals surface area contributed by atoms with Gasteiger partial charge in [0.2, 0.25) is 5.76 Å². The van der Waals surface area contributed by atoms with Crippen molar-refractivity contribution in [3.05, 3.63) is 65.3 Å². The summed E-state index contributed by atoms with van der Waals surface area (Å²) in [7, 11) is 2.65. The van der Waals surface area contributed by atoms with Gasteiger partial charge in [0.25, 0.3) is 0 Å². The van der Waals surface area contributed by atoms with Crippen LogP contribution in [-0.2, 0) is 19.0 Å². The highest BCUT2D eigenvalue weighted by Crippen LogP contribution is 2.22. The molecule has 0 spiro atoms. The van der Waals surface area contributed by atoms with Crippen LogP contribution in [0.2, 0.25) is 0 Å². The highest BCUT2D eigenvalue weighted by Gasteiger charge is 2.21. The van der Waals surface area contributed by atoms with Gasteiger partial charge in [-0.3, -0.25) is 5.43 Å². The number of ether oxygens (including phenoxy) is 3. The van der Waals surface area contributed by atoms with E-state index in [0.717, 1.165) is 6.26 Å². The Hall–Kier alpha value is -3.02. The molecule has 1 aromatic rings. The van der Waals surface area contributed by atoms with E-state index >= 15 is 0 Å². The van der Waals surface area contributed by atoms with E-state index in [9.17, 15) is 4.79 Å². The normalized spacial score (nSPS) is 16.4. The SMILES string of the molecule is COC=C(OC1C=CC(Cl)=CC1=C=NNc1ccccn1)C(=O)OC. The molecule has 1 heterocycles. The maximum atomic E-state index is 11.7. The molecule has 0 aromatic carbocycles. The number of hydrogen-bond donors (Lipinski definition) is 1. The van der Waals surface area contributed by atoms with Crippen molar-refractivity contribution in [2.45, 2.75) is 6.10 Å². The Morgan fingerprint density at radius 2 is 2.28 bits per heavy atom. The van der Waals surface area contributed by atoms with Crippen molar-refractivity contribution < 1.29 is 19.0 Å². The minimum Gasteiger partial charge on any atom is -0.500 e. The summed E-state index contributed by atoms with van der Waals surface area (Å²) in [5.41, 5.74) is 3.24. The molecule has 0 saturated carbocycles. The lowest BCUT2D eigenvalue weighted by atomic mass is 10.1. The van der Waals surface area contributed by atoms with Crippen molar-refractivity contribution >= 4 is 29.3 Å². The zero-order chi connectivity index (χ0) is 18.1. The number of rotatable bonds is 6. The molecule has 7 nitrogen and oxygen atoms in total. The second-order valence-electron chi connectivity index (χ2n) is 4.64. The lowest BCUT2D eigenvalue weighted by Crippen LogP contribution is -2.19. The zero-order valence-electron chi connectivity index (χ0n) is 13.6. The van der Waals surface area contributed by atoms with Crippen LogP contribution in [0.15, 0.2) is 70.4 Å². The molecule has 1 aliphatic carbocycles. The second kappa shape index (κ2) is 9.32. The fourth-order valence-corrected chi connectivity index (χ4v) is 2.00. The third-order valence-corrected chi connectivity index (χ3v) is 3.15. The van der Waals surface area contributed by atoms with E-state index in [1.807, 2.05) is 6.07 Å². The maximum absolute atomic E-state index is 11.7. The van der Waals surface area contributed by atoms with Gasteiger partial charge in [0.05, 0.1) is 19.8 Å². The quantitative estimate of drug-likeness (QED) is 0.276. The van der Waals surface area contributed by atoms with Crippen LogP contribution in [-0.4, -0.2) is 37.1 Å². The number of carbonyl (C=O) groups is 1. The molecule has 0 radical (unpaired) electrons. The van der Waals surface area contributed by atoms with Gasteiger partial charge in [0, 0.05) is 17.1 Å². The van der Waals surface area contributed by atoms with Gasteiger partial charge in [0.1, 0.15) is 12.1 Å². The zero-order valence-corrected chi connectivity index (χ0v) is 14.4. The van der Waals surface area contributed by atoms with Crippen LogP contribution in [0.25, 0.3) is 0 Å². The van der Waals surface area contributed by atoms with Crippen molar-refractivity contribution in [3.8, 4) is 0 Å². The molecule has 1 aliphatic rings. The summed E-state index contributed by atoms with van der Waals surface area (Å²) in [6, 6.07) is 5.37. The number of methoxy groups -OCH3 is 2. The van der Waals surface area contributed by atoms with Gasteiger partial charge in [-0.05, 0) is 30.4 Å².